The van der Waals surface area contributed by atoms with Crippen molar-refractivity contribution in [1.29, 1.82) is 0 Å². The maximum absolute atomic E-state index is 11.3. The largest absolute Gasteiger partial charge is 0.493 e. The number of hydrogen-bond acceptors (Lipinski definition) is 4. The normalized spacial score (nSPS) is 13.2. The van der Waals surface area contributed by atoms with Crippen LogP contribution >= 0.6 is 0 Å². The van der Waals surface area contributed by atoms with E-state index in [0.717, 1.165) is 49.8 Å². The van der Waals surface area contributed by atoms with Gasteiger partial charge in [0.2, 0.25) is 0 Å². The molecule has 0 bridgehead atoms. The smallest absolute Gasteiger partial charge is 0.134 e. The summed E-state index contributed by atoms with van der Waals surface area (Å²) < 4.78 is 12.0. The topological polar surface area (TPSA) is 51.6 Å². The number of aliphatic hydroxyl groups excluding tert-OH is 1. The van der Waals surface area contributed by atoms with Crippen molar-refractivity contribution < 1.29 is 14.6 Å². The second-order valence-electron chi connectivity index (χ2n) is 8.46. The molecule has 164 valence electrons. The molecule has 4 heteroatoms. The van der Waals surface area contributed by atoms with Crippen LogP contribution in [0.2, 0.25) is 0 Å². The van der Waals surface area contributed by atoms with Crippen molar-refractivity contribution >= 4 is 6.08 Å². The Morgan fingerprint density at radius 1 is 1.07 bits per heavy atom. The summed E-state index contributed by atoms with van der Waals surface area (Å²) in [6.07, 6.45) is 11.1. The fourth-order valence-electron chi connectivity index (χ4n) is 3.24. The molecule has 4 nitrogen and oxygen atoms in total. The van der Waals surface area contributed by atoms with Crippen LogP contribution in [0.3, 0.4) is 0 Å². The van der Waals surface area contributed by atoms with E-state index in [0.29, 0.717) is 18.1 Å². The van der Waals surface area contributed by atoms with Crippen molar-refractivity contribution in [3.05, 3.63) is 60.1 Å². The van der Waals surface area contributed by atoms with Crippen molar-refractivity contribution in [2.24, 2.45) is 5.41 Å². The lowest BCUT2D eigenvalue weighted by Crippen LogP contribution is -2.33. The Labute approximate surface area is 182 Å². The third-order valence-corrected chi connectivity index (χ3v) is 5.24. The minimum absolute atomic E-state index is 0.307. The fraction of sp³-hybridized carbons (Fsp3) is 0.500. The number of aliphatic hydroxyl groups is 1. The first kappa shape index (κ1) is 23.9. The summed E-state index contributed by atoms with van der Waals surface area (Å²) in [5.74, 6) is 1.95. The van der Waals surface area contributed by atoms with Crippen LogP contribution in [-0.2, 0) is 0 Å². The monoisotopic (exact) mass is 411 g/mol. The molecule has 0 aliphatic rings. The number of unbranched alkanes of at least 4 members (excludes halogenated alkanes) is 3. The van der Waals surface area contributed by atoms with Crippen LogP contribution in [0.15, 0.2) is 54.6 Å². The molecule has 0 radical (unpaired) electrons. The summed E-state index contributed by atoms with van der Waals surface area (Å²) in [4.78, 5) is 4.18. The zero-order valence-corrected chi connectivity index (χ0v) is 18.9. The number of hydrogen-bond donors (Lipinski definition) is 1. The van der Waals surface area contributed by atoms with Crippen LogP contribution in [-0.4, -0.2) is 22.8 Å². The van der Waals surface area contributed by atoms with Crippen LogP contribution in [0, 0.1) is 5.41 Å². The number of rotatable bonds is 13. The van der Waals surface area contributed by atoms with E-state index in [-0.39, 0.29) is 5.41 Å². The molecule has 2 rings (SSSR count). The van der Waals surface area contributed by atoms with Gasteiger partial charge in [0.05, 0.1) is 6.61 Å². The zero-order valence-electron chi connectivity index (χ0n) is 18.9. The van der Waals surface area contributed by atoms with Gasteiger partial charge in [0, 0.05) is 18.5 Å². The van der Waals surface area contributed by atoms with E-state index in [2.05, 4.69) is 32.7 Å². The second-order valence-corrected chi connectivity index (χ2v) is 8.46. The molecule has 1 N–H and O–H groups in total. The second kappa shape index (κ2) is 12.4. The molecular formula is C26H37NO3. The molecule has 1 aromatic heterocycles. The highest BCUT2D eigenvalue weighted by molar-refractivity contribution is 5.52. The Morgan fingerprint density at radius 3 is 2.53 bits per heavy atom. The highest BCUT2D eigenvalue weighted by Gasteiger charge is 2.32. The standard InChI is InChI=1S/C26H37NO3/c1-5-7-9-15-26(3,4)25(28)24(18-21-12-11-16-27-20-21)30-23-14-10-13-22(19-23)29-17-8-6-2/h10-14,16,18-20,25,28H,5-9,15,17H2,1-4H3/b24-18+. The lowest BCUT2D eigenvalue weighted by atomic mass is 9.80. The Kier molecular flexibility index (Phi) is 9.88. The Bertz CT molecular complexity index is 771. The van der Waals surface area contributed by atoms with E-state index in [1.165, 1.54) is 0 Å². The first-order valence-corrected chi connectivity index (χ1v) is 11.2. The van der Waals surface area contributed by atoms with E-state index in [9.17, 15) is 5.11 Å². The summed E-state index contributed by atoms with van der Waals surface area (Å²) in [6, 6.07) is 11.4. The predicted molar refractivity (Wildman–Crippen MR) is 124 cm³/mol. The number of ether oxygens (including phenoxy) is 2. The molecule has 0 saturated heterocycles. The molecule has 0 amide bonds. The van der Waals surface area contributed by atoms with Crippen molar-refractivity contribution in [1.82, 2.24) is 4.98 Å². The Balaban J connectivity index is 2.24. The minimum Gasteiger partial charge on any atom is -0.493 e. The van der Waals surface area contributed by atoms with Gasteiger partial charge in [-0.25, -0.2) is 0 Å². The van der Waals surface area contributed by atoms with E-state index < -0.39 is 6.10 Å². The molecule has 2 aromatic rings. The lowest BCUT2D eigenvalue weighted by Gasteiger charge is -2.32. The van der Waals surface area contributed by atoms with Crippen molar-refractivity contribution in [2.75, 3.05) is 6.61 Å². The van der Waals surface area contributed by atoms with Crippen LogP contribution in [0.4, 0.5) is 0 Å². The molecular weight excluding hydrogens is 374 g/mol. The van der Waals surface area contributed by atoms with Crippen LogP contribution < -0.4 is 9.47 Å². The fourth-order valence-corrected chi connectivity index (χ4v) is 3.24. The van der Waals surface area contributed by atoms with Crippen molar-refractivity contribution in [3.8, 4) is 11.5 Å². The van der Waals surface area contributed by atoms with Crippen molar-refractivity contribution in [2.45, 2.75) is 72.3 Å². The zero-order chi connectivity index (χ0) is 21.8. The van der Waals surface area contributed by atoms with Crippen LogP contribution in [0.1, 0.15) is 71.8 Å². The van der Waals surface area contributed by atoms with Gasteiger partial charge in [-0.1, -0.05) is 65.5 Å². The summed E-state index contributed by atoms with van der Waals surface area (Å²) in [5.41, 5.74) is 0.588. The third-order valence-electron chi connectivity index (χ3n) is 5.24. The predicted octanol–water partition coefficient (Wildman–Crippen LogP) is 6.65. The molecule has 30 heavy (non-hydrogen) atoms. The lowest BCUT2D eigenvalue weighted by molar-refractivity contribution is 0.0446. The molecule has 1 aromatic carbocycles. The van der Waals surface area contributed by atoms with Gasteiger partial charge in [-0.05, 0) is 48.1 Å². The Hall–Kier alpha value is -2.33. The highest BCUT2D eigenvalue weighted by atomic mass is 16.5. The van der Waals surface area contributed by atoms with Gasteiger partial charge < -0.3 is 14.6 Å². The van der Waals surface area contributed by atoms with Gasteiger partial charge in [-0.3, -0.25) is 4.98 Å². The number of pyridine rings is 1. The average molecular weight is 412 g/mol. The van der Waals surface area contributed by atoms with E-state index >= 15 is 0 Å². The molecule has 0 aliphatic carbocycles. The van der Waals surface area contributed by atoms with E-state index in [1.807, 2.05) is 42.5 Å². The van der Waals surface area contributed by atoms with Gasteiger partial charge >= 0.3 is 0 Å². The van der Waals surface area contributed by atoms with Gasteiger partial charge in [0.25, 0.3) is 0 Å². The first-order valence-electron chi connectivity index (χ1n) is 11.2. The van der Waals surface area contributed by atoms with Gasteiger partial charge in [-0.15, -0.1) is 0 Å². The number of aromatic nitrogens is 1. The molecule has 0 aliphatic heterocycles. The van der Waals surface area contributed by atoms with Gasteiger partial charge in [0.15, 0.2) is 0 Å². The molecule has 0 fully saturated rings. The first-order chi connectivity index (χ1) is 14.5. The van der Waals surface area contributed by atoms with E-state index in [1.54, 1.807) is 12.4 Å². The summed E-state index contributed by atoms with van der Waals surface area (Å²) in [6.45, 7) is 9.21. The van der Waals surface area contributed by atoms with Crippen LogP contribution in [0.25, 0.3) is 6.08 Å². The maximum atomic E-state index is 11.3. The van der Waals surface area contributed by atoms with Gasteiger partial charge in [-0.2, -0.15) is 0 Å². The quantitative estimate of drug-likeness (QED) is 0.296. The number of benzene rings is 1. The highest BCUT2D eigenvalue weighted by Crippen LogP contribution is 2.34. The van der Waals surface area contributed by atoms with Gasteiger partial charge in [0.1, 0.15) is 23.4 Å². The molecule has 1 unspecified atom stereocenters. The average Bonchev–Trinajstić information content (AvgIpc) is 2.74. The van der Waals surface area contributed by atoms with Crippen molar-refractivity contribution in [3.63, 3.8) is 0 Å². The Morgan fingerprint density at radius 2 is 1.83 bits per heavy atom. The summed E-state index contributed by atoms with van der Waals surface area (Å²) in [7, 11) is 0. The number of nitrogens with zero attached hydrogens (tertiary/aromatic N) is 1. The maximum Gasteiger partial charge on any atom is 0.134 e. The van der Waals surface area contributed by atoms with E-state index in [4.69, 9.17) is 9.47 Å². The third kappa shape index (κ3) is 7.83. The minimum atomic E-state index is -0.737. The summed E-state index contributed by atoms with van der Waals surface area (Å²) in [5, 5.41) is 11.3. The van der Waals surface area contributed by atoms with Crippen LogP contribution in [0.5, 0.6) is 11.5 Å². The molecule has 1 heterocycles. The SMILES string of the molecule is CCCCCC(C)(C)C(O)/C(=C\c1cccnc1)Oc1cccc(OCCCC)c1. The molecule has 0 saturated carbocycles. The molecule has 0 spiro atoms. The molecule has 1 atom stereocenters. The summed E-state index contributed by atoms with van der Waals surface area (Å²) >= 11 is 0.